The van der Waals surface area contributed by atoms with E-state index in [-0.39, 0.29) is 31.0 Å². The van der Waals surface area contributed by atoms with Crippen LogP contribution >= 0.6 is 24.8 Å². The molecule has 0 aromatic heterocycles. The summed E-state index contributed by atoms with van der Waals surface area (Å²) in [7, 11) is 1.60. The van der Waals surface area contributed by atoms with Gasteiger partial charge in [0.15, 0.2) is 17.2 Å². The molecule has 7 heteroatoms. The molecular formula is C15H22Cl2N2O3. The first-order valence-electron chi connectivity index (χ1n) is 6.50. The van der Waals surface area contributed by atoms with Gasteiger partial charge in [0.05, 0.1) is 13.7 Å². The van der Waals surface area contributed by atoms with Crippen LogP contribution in [-0.4, -0.2) is 30.7 Å². The number of para-hydroxylation sites is 2. The second kappa shape index (κ2) is 9.58. The summed E-state index contributed by atoms with van der Waals surface area (Å²) < 4.78 is 11.0. The first-order chi connectivity index (χ1) is 9.63. The zero-order valence-corrected chi connectivity index (χ0v) is 14.1. The molecule has 2 atom stereocenters. The van der Waals surface area contributed by atoms with Gasteiger partial charge in [0.1, 0.15) is 6.23 Å². The van der Waals surface area contributed by atoms with Crippen molar-refractivity contribution in [3.8, 4) is 11.5 Å². The van der Waals surface area contributed by atoms with Gasteiger partial charge in [-0.25, -0.2) is 0 Å². The molecule has 1 aliphatic heterocycles. The minimum atomic E-state index is -1.09. The van der Waals surface area contributed by atoms with Gasteiger partial charge in [-0.3, -0.25) is 5.32 Å². The lowest BCUT2D eigenvalue weighted by Gasteiger charge is -2.29. The summed E-state index contributed by atoms with van der Waals surface area (Å²) in [4.78, 5) is 0. The van der Waals surface area contributed by atoms with E-state index < -0.39 is 5.72 Å². The fraction of sp³-hybridized carbons (Fsp3) is 0.333. The minimum absolute atomic E-state index is 0. The van der Waals surface area contributed by atoms with Gasteiger partial charge in [-0.15, -0.1) is 24.8 Å². The molecule has 1 aromatic rings. The molecule has 5 nitrogen and oxygen atoms in total. The standard InChI is InChI=1S/C15H20N2O3.2ClH/c1-12(16-11-15(18)9-5-6-10-17-15)20-14-8-4-3-7-13(14)19-2;;/h3-10,12,16-18H,11H2,1-2H3;2*1H. The lowest BCUT2D eigenvalue weighted by atomic mass is 10.1. The van der Waals surface area contributed by atoms with Crippen molar-refractivity contribution in [3.63, 3.8) is 0 Å². The van der Waals surface area contributed by atoms with E-state index in [1.165, 1.54) is 0 Å². The molecule has 1 heterocycles. The molecule has 0 saturated heterocycles. The van der Waals surface area contributed by atoms with Crippen LogP contribution in [0.2, 0.25) is 0 Å². The molecule has 1 aliphatic rings. The number of allylic oxidation sites excluding steroid dienone is 2. The fourth-order valence-electron chi connectivity index (χ4n) is 1.87. The van der Waals surface area contributed by atoms with E-state index in [1.807, 2.05) is 37.3 Å². The number of halogens is 2. The predicted octanol–water partition coefficient (Wildman–Crippen LogP) is 2.21. The number of hydrogen-bond donors (Lipinski definition) is 3. The highest BCUT2D eigenvalue weighted by Gasteiger charge is 2.23. The molecule has 0 radical (unpaired) electrons. The third-order valence-electron chi connectivity index (χ3n) is 2.94. The lowest BCUT2D eigenvalue weighted by Crippen LogP contribution is -2.52. The molecule has 0 aliphatic carbocycles. The summed E-state index contributed by atoms with van der Waals surface area (Å²) >= 11 is 0. The molecular weight excluding hydrogens is 327 g/mol. The topological polar surface area (TPSA) is 62.8 Å². The Hall–Kier alpha value is -1.40. The van der Waals surface area contributed by atoms with Crippen molar-refractivity contribution in [1.82, 2.24) is 10.6 Å². The Labute approximate surface area is 143 Å². The maximum atomic E-state index is 10.2. The number of benzene rings is 1. The number of dihydropyridines is 1. The SMILES string of the molecule is COc1ccccc1OC(C)NCC1(O)C=CC=CN1.Cl.Cl. The summed E-state index contributed by atoms with van der Waals surface area (Å²) in [6.45, 7) is 2.20. The average Bonchev–Trinajstić information content (AvgIpc) is 2.47. The van der Waals surface area contributed by atoms with Crippen molar-refractivity contribution in [3.05, 3.63) is 48.7 Å². The Morgan fingerprint density at radius 3 is 2.50 bits per heavy atom. The molecule has 22 heavy (non-hydrogen) atoms. The van der Waals surface area contributed by atoms with E-state index in [2.05, 4.69) is 10.6 Å². The number of rotatable bonds is 6. The van der Waals surface area contributed by atoms with Crippen LogP contribution in [0, 0.1) is 0 Å². The van der Waals surface area contributed by atoms with E-state index in [0.717, 1.165) is 0 Å². The normalized spacial score (nSPS) is 20.1. The van der Waals surface area contributed by atoms with Crippen LogP contribution in [0.3, 0.4) is 0 Å². The largest absolute Gasteiger partial charge is 0.493 e. The monoisotopic (exact) mass is 348 g/mol. The second-order valence-electron chi connectivity index (χ2n) is 4.58. The van der Waals surface area contributed by atoms with Crippen molar-refractivity contribution in [2.24, 2.45) is 0 Å². The van der Waals surface area contributed by atoms with Gasteiger partial charge in [0, 0.05) is 0 Å². The highest BCUT2D eigenvalue weighted by Crippen LogP contribution is 2.26. The third-order valence-corrected chi connectivity index (χ3v) is 2.94. The van der Waals surface area contributed by atoms with E-state index in [4.69, 9.17) is 9.47 Å². The van der Waals surface area contributed by atoms with E-state index >= 15 is 0 Å². The van der Waals surface area contributed by atoms with Crippen molar-refractivity contribution in [1.29, 1.82) is 0 Å². The van der Waals surface area contributed by atoms with Crippen molar-refractivity contribution < 1.29 is 14.6 Å². The summed E-state index contributed by atoms with van der Waals surface area (Å²) in [6.07, 6.45) is 6.74. The van der Waals surface area contributed by atoms with E-state index in [9.17, 15) is 5.11 Å². The van der Waals surface area contributed by atoms with Crippen LogP contribution in [0.5, 0.6) is 11.5 Å². The highest BCUT2D eigenvalue weighted by molar-refractivity contribution is 5.85. The van der Waals surface area contributed by atoms with Gasteiger partial charge in [0.25, 0.3) is 0 Å². The third kappa shape index (κ3) is 5.77. The molecule has 2 unspecified atom stereocenters. The second-order valence-corrected chi connectivity index (χ2v) is 4.58. The fourth-order valence-corrected chi connectivity index (χ4v) is 1.87. The molecule has 124 valence electrons. The van der Waals surface area contributed by atoms with Crippen LogP contribution in [-0.2, 0) is 0 Å². The van der Waals surface area contributed by atoms with Gasteiger partial charge in [-0.2, -0.15) is 0 Å². The van der Waals surface area contributed by atoms with Crippen LogP contribution in [0.15, 0.2) is 48.7 Å². The molecule has 2 rings (SSSR count). The molecule has 1 aromatic carbocycles. The number of ether oxygens (including phenoxy) is 2. The summed E-state index contributed by atoms with van der Waals surface area (Å²) in [5.74, 6) is 1.34. The van der Waals surface area contributed by atoms with Gasteiger partial charge in [-0.1, -0.05) is 18.2 Å². The minimum Gasteiger partial charge on any atom is -0.493 e. The number of hydrogen-bond acceptors (Lipinski definition) is 5. The van der Waals surface area contributed by atoms with Crippen LogP contribution in [0.1, 0.15) is 6.92 Å². The first kappa shape index (κ1) is 20.6. The number of aliphatic hydroxyl groups is 1. The van der Waals surface area contributed by atoms with E-state index in [1.54, 1.807) is 25.5 Å². The molecule has 0 saturated carbocycles. The molecule has 0 fully saturated rings. The maximum absolute atomic E-state index is 10.2. The van der Waals surface area contributed by atoms with Gasteiger partial charge in [0.2, 0.25) is 0 Å². The molecule has 0 amide bonds. The summed E-state index contributed by atoms with van der Waals surface area (Å²) in [5.41, 5.74) is -1.09. The van der Waals surface area contributed by atoms with Gasteiger partial charge < -0.3 is 19.9 Å². The number of methoxy groups -OCH3 is 1. The Kier molecular flexibility index (Phi) is 8.97. The smallest absolute Gasteiger partial charge is 0.167 e. The van der Waals surface area contributed by atoms with Crippen LogP contribution < -0.4 is 20.1 Å². The van der Waals surface area contributed by atoms with Crippen molar-refractivity contribution in [2.45, 2.75) is 18.9 Å². The molecule has 0 spiro atoms. The predicted molar refractivity (Wildman–Crippen MR) is 91.9 cm³/mol. The number of nitrogens with one attached hydrogen (secondary N) is 2. The summed E-state index contributed by atoms with van der Waals surface area (Å²) in [6, 6.07) is 7.45. The highest BCUT2D eigenvalue weighted by atomic mass is 35.5. The van der Waals surface area contributed by atoms with E-state index in [0.29, 0.717) is 18.0 Å². The Bertz CT molecular complexity index is 511. The Morgan fingerprint density at radius 1 is 1.23 bits per heavy atom. The van der Waals surface area contributed by atoms with Crippen LogP contribution in [0.4, 0.5) is 0 Å². The van der Waals surface area contributed by atoms with Crippen LogP contribution in [0.25, 0.3) is 0 Å². The zero-order chi connectivity index (χ0) is 14.4. The van der Waals surface area contributed by atoms with Gasteiger partial charge in [-0.05, 0) is 37.4 Å². The molecule has 0 bridgehead atoms. The first-order valence-corrected chi connectivity index (χ1v) is 6.50. The Balaban J connectivity index is 0.00000220. The average molecular weight is 349 g/mol. The van der Waals surface area contributed by atoms with Crippen molar-refractivity contribution in [2.75, 3.05) is 13.7 Å². The maximum Gasteiger partial charge on any atom is 0.167 e. The summed E-state index contributed by atoms with van der Waals surface area (Å²) in [5, 5.41) is 16.2. The lowest BCUT2D eigenvalue weighted by molar-refractivity contribution is 0.0496. The Morgan fingerprint density at radius 2 is 1.91 bits per heavy atom. The van der Waals surface area contributed by atoms with Gasteiger partial charge >= 0.3 is 0 Å². The molecule has 3 N–H and O–H groups in total. The quantitative estimate of drug-likeness (QED) is 0.688. The van der Waals surface area contributed by atoms with Crippen molar-refractivity contribution >= 4 is 24.8 Å². The zero-order valence-electron chi connectivity index (χ0n) is 12.5.